The van der Waals surface area contributed by atoms with Gasteiger partial charge in [-0.2, -0.15) is 0 Å². The van der Waals surface area contributed by atoms with E-state index in [0.717, 1.165) is 11.1 Å². The molecule has 0 aliphatic carbocycles. The lowest BCUT2D eigenvalue weighted by atomic mass is 10.0. The Hall–Kier alpha value is -3.21. The number of rotatable bonds is 8. The molecule has 2 aromatic carbocycles. The number of aldehydes is 1. The number of hydrogen-bond acceptors (Lipinski definition) is 4. The number of carbonyl (C=O) groups is 3. The Morgan fingerprint density at radius 1 is 1.04 bits per heavy atom. The van der Waals surface area contributed by atoms with Crippen LogP contribution in [-0.2, 0) is 25.5 Å². The lowest BCUT2D eigenvalue weighted by Gasteiger charge is -2.17. The number of carbonyl (C=O) groups excluding carboxylic acids is 3. The fourth-order valence-electron chi connectivity index (χ4n) is 2.41. The summed E-state index contributed by atoms with van der Waals surface area (Å²) in [5, 5.41) is 2.61. The van der Waals surface area contributed by atoms with E-state index in [-0.39, 0.29) is 18.6 Å². The molecule has 0 aliphatic rings. The number of ether oxygens (including phenoxy) is 1. The standard InChI is InChI=1S/C21H21NO4/c1-2-26-21(25)19(14-17-11-7-4-8-12-17)22-20(24)18(15-23)13-16-9-5-3-6-10-16/h3-13,15,19H,2,14H2,1H3,(H,22,24). The summed E-state index contributed by atoms with van der Waals surface area (Å²) < 4.78 is 5.05. The molecule has 0 spiro atoms. The van der Waals surface area contributed by atoms with E-state index in [9.17, 15) is 14.4 Å². The van der Waals surface area contributed by atoms with Gasteiger partial charge in [-0.3, -0.25) is 9.59 Å². The molecule has 5 nitrogen and oxygen atoms in total. The number of benzene rings is 2. The maximum absolute atomic E-state index is 12.5. The third-order valence-corrected chi connectivity index (χ3v) is 3.67. The molecule has 2 aromatic rings. The van der Waals surface area contributed by atoms with E-state index in [1.54, 1.807) is 19.1 Å². The molecule has 1 amide bonds. The van der Waals surface area contributed by atoms with Crippen molar-refractivity contribution in [3.8, 4) is 0 Å². The van der Waals surface area contributed by atoms with Crippen molar-refractivity contribution in [2.45, 2.75) is 19.4 Å². The van der Waals surface area contributed by atoms with Crippen molar-refractivity contribution in [2.24, 2.45) is 0 Å². The smallest absolute Gasteiger partial charge is 0.328 e. The molecule has 0 heterocycles. The highest BCUT2D eigenvalue weighted by atomic mass is 16.5. The molecule has 0 radical (unpaired) electrons. The predicted molar refractivity (Wildman–Crippen MR) is 99.2 cm³/mol. The predicted octanol–water partition coefficient (Wildman–Crippen LogP) is 2.56. The summed E-state index contributed by atoms with van der Waals surface area (Å²) in [6.45, 7) is 1.91. The minimum Gasteiger partial charge on any atom is -0.464 e. The topological polar surface area (TPSA) is 72.5 Å². The molecule has 1 unspecified atom stereocenters. The Morgan fingerprint density at radius 2 is 1.65 bits per heavy atom. The second-order valence-corrected chi connectivity index (χ2v) is 5.60. The van der Waals surface area contributed by atoms with Crippen molar-refractivity contribution in [2.75, 3.05) is 6.61 Å². The monoisotopic (exact) mass is 351 g/mol. The summed E-state index contributed by atoms with van der Waals surface area (Å²) in [7, 11) is 0. The third-order valence-electron chi connectivity index (χ3n) is 3.67. The molecule has 0 saturated heterocycles. The van der Waals surface area contributed by atoms with Gasteiger partial charge in [0, 0.05) is 6.42 Å². The Morgan fingerprint density at radius 3 is 2.23 bits per heavy atom. The van der Waals surface area contributed by atoms with E-state index in [1.165, 1.54) is 6.08 Å². The van der Waals surface area contributed by atoms with Crippen LogP contribution in [0, 0.1) is 0 Å². The molecule has 0 fully saturated rings. The van der Waals surface area contributed by atoms with E-state index in [4.69, 9.17) is 4.74 Å². The summed E-state index contributed by atoms with van der Waals surface area (Å²) in [5.41, 5.74) is 1.55. The lowest BCUT2D eigenvalue weighted by Crippen LogP contribution is -2.44. The van der Waals surface area contributed by atoms with Crippen LogP contribution in [0.4, 0.5) is 0 Å². The minimum absolute atomic E-state index is 0.0569. The van der Waals surface area contributed by atoms with Crippen LogP contribution in [-0.4, -0.2) is 30.8 Å². The summed E-state index contributed by atoms with van der Waals surface area (Å²) in [4.78, 5) is 36.0. The quantitative estimate of drug-likeness (QED) is 0.261. The van der Waals surface area contributed by atoms with Crippen molar-refractivity contribution in [3.05, 3.63) is 77.4 Å². The molecule has 0 aromatic heterocycles. The largest absolute Gasteiger partial charge is 0.464 e. The molecule has 26 heavy (non-hydrogen) atoms. The summed E-state index contributed by atoms with van der Waals surface area (Å²) >= 11 is 0. The first-order valence-electron chi connectivity index (χ1n) is 8.37. The summed E-state index contributed by atoms with van der Waals surface area (Å²) in [5.74, 6) is -1.15. The van der Waals surface area contributed by atoms with Crippen molar-refractivity contribution >= 4 is 24.2 Å². The van der Waals surface area contributed by atoms with Gasteiger partial charge in [0.2, 0.25) is 0 Å². The molecule has 5 heteroatoms. The van der Waals surface area contributed by atoms with Gasteiger partial charge in [0.05, 0.1) is 12.2 Å². The minimum atomic E-state index is -0.871. The van der Waals surface area contributed by atoms with Gasteiger partial charge in [-0.25, -0.2) is 4.79 Å². The van der Waals surface area contributed by atoms with Gasteiger partial charge in [0.1, 0.15) is 6.04 Å². The Balaban J connectivity index is 2.17. The highest BCUT2D eigenvalue weighted by Crippen LogP contribution is 2.08. The zero-order valence-corrected chi connectivity index (χ0v) is 14.6. The molecule has 134 valence electrons. The summed E-state index contributed by atoms with van der Waals surface area (Å²) in [6, 6.07) is 17.4. The number of esters is 1. The molecular weight excluding hydrogens is 330 g/mol. The highest BCUT2D eigenvalue weighted by Gasteiger charge is 2.24. The van der Waals surface area contributed by atoms with E-state index in [0.29, 0.717) is 6.29 Å². The zero-order chi connectivity index (χ0) is 18.8. The summed E-state index contributed by atoms with van der Waals surface area (Å²) in [6.07, 6.45) is 2.24. The molecular formula is C21H21NO4. The Bertz CT molecular complexity index is 769. The van der Waals surface area contributed by atoms with Crippen LogP contribution < -0.4 is 5.32 Å². The molecule has 1 atom stereocenters. The van der Waals surface area contributed by atoms with Crippen molar-refractivity contribution in [1.29, 1.82) is 0 Å². The van der Waals surface area contributed by atoms with E-state index in [2.05, 4.69) is 5.32 Å². The zero-order valence-electron chi connectivity index (χ0n) is 14.6. The van der Waals surface area contributed by atoms with Gasteiger partial charge < -0.3 is 10.1 Å². The van der Waals surface area contributed by atoms with Crippen LogP contribution in [0.3, 0.4) is 0 Å². The number of amides is 1. The van der Waals surface area contributed by atoms with E-state index >= 15 is 0 Å². The fraction of sp³-hybridized carbons (Fsp3) is 0.190. The molecule has 0 bridgehead atoms. The highest BCUT2D eigenvalue weighted by molar-refractivity contribution is 6.15. The van der Waals surface area contributed by atoms with Gasteiger partial charge in [0.15, 0.2) is 6.29 Å². The van der Waals surface area contributed by atoms with E-state index < -0.39 is 17.9 Å². The van der Waals surface area contributed by atoms with Crippen LogP contribution >= 0.6 is 0 Å². The van der Waals surface area contributed by atoms with Crippen LogP contribution in [0.25, 0.3) is 6.08 Å². The maximum Gasteiger partial charge on any atom is 0.328 e. The van der Waals surface area contributed by atoms with Gasteiger partial charge in [-0.1, -0.05) is 60.7 Å². The van der Waals surface area contributed by atoms with Crippen LogP contribution in [0.5, 0.6) is 0 Å². The van der Waals surface area contributed by atoms with Crippen LogP contribution in [0.15, 0.2) is 66.2 Å². The van der Waals surface area contributed by atoms with E-state index in [1.807, 2.05) is 48.5 Å². The fourth-order valence-corrected chi connectivity index (χ4v) is 2.41. The molecule has 0 aliphatic heterocycles. The normalized spacial score (nSPS) is 12.1. The van der Waals surface area contributed by atoms with Gasteiger partial charge in [0.25, 0.3) is 5.91 Å². The number of hydrogen-bond donors (Lipinski definition) is 1. The first-order valence-corrected chi connectivity index (χ1v) is 8.37. The second-order valence-electron chi connectivity index (χ2n) is 5.60. The molecule has 1 N–H and O–H groups in total. The van der Waals surface area contributed by atoms with Gasteiger partial charge >= 0.3 is 5.97 Å². The number of nitrogens with one attached hydrogen (secondary N) is 1. The van der Waals surface area contributed by atoms with Crippen molar-refractivity contribution in [1.82, 2.24) is 5.32 Å². The van der Waals surface area contributed by atoms with Crippen LogP contribution in [0.2, 0.25) is 0 Å². The Kier molecular flexibility index (Phi) is 7.31. The van der Waals surface area contributed by atoms with Gasteiger partial charge in [-0.05, 0) is 24.1 Å². The average Bonchev–Trinajstić information content (AvgIpc) is 2.67. The first-order chi connectivity index (χ1) is 12.6. The van der Waals surface area contributed by atoms with Gasteiger partial charge in [-0.15, -0.1) is 0 Å². The second kappa shape index (κ2) is 9.93. The SMILES string of the molecule is CCOC(=O)C(Cc1ccccc1)NC(=O)C(C=O)=Cc1ccccc1. The van der Waals surface area contributed by atoms with Crippen molar-refractivity contribution in [3.63, 3.8) is 0 Å². The lowest BCUT2D eigenvalue weighted by molar-refractivity contribution is -0.147. The van der Waals surface area contributed by atoms with Crippen LogP contribution in [0.1, 0.15) is 18.1 Å². The first kappa shape index (κ1) is 19.1. The third kappa shape index (κ3) is 5.70. The average molecular weight is 351 g/mol. The molecule has 0 saturated carbocycles. The maximum atomic E-state index is 12.5. The Labute approximate surface area is 152 Å². The molecule has 2 rings (SSSR count). The van der Waals surface area contributed by atoms with Crippen molar-refractivity contribution < 1.29 is 19.1 Å².